The molecule has 4 fully saturated rings. The van der Waals surface area contributed by atoms with Crippen LogP contribution in [0.5, 0.6) is 0 Å². The van der Waals surface area contributed by atoms with Gasteiger partial charge in [0.2, 0.25) is 0 Å². The quantitative estimate of drug-likeness (QED) is 0.0112. The molecular formula is C114H235F3N10O12. The summed E-state index contributed by atoms with van der Waals surface area (Å²) < 4.78 is 82.0. The van der Waals surface area contributed by atoms with Gasteiger partial charge < -0.3 is 63.1 Å². The van der Waals surface area contributed by atoms with Crippen molar-refractivity contribution in [2.24, 2.45) is 87.0 Å². The van der Waals surface area contributed by atoms with Crippen LogP contribution in [-0.2, 0) is 57.0 Å². The van der Waals surface area contributed by atoms with E-state index < -0.39 is 16.4 Å². The number of morpholine rings is 3. The Morgan fingerprint density at radius 2 is 0.676 bits per heavy atom. The second-order valence-corrected chi connectivity index (χ2v) is 55.3. The van der Waals surface area contributed by atoms with Crippen LogP contribution in [0, 0.1) is 81.2 Å². The number of hydrogen-bond donors (Lipinski definition) is 4. The lowest BCUT2D eigenvalue weighted by molar-refractivity contribution is -0.158. The molecule has 834 valence electrons. The SMILES string of the molecule is C=C(CCC(C)(C)C)C(C)(C)CCCOCNF.C=C(CCC(C)(C)C)C(C)(C)CCOCNF.C=C(CCC(C)(C)C)C(C)(C)COCNF.CC(C)(C)CN1CCOCC1.CC(C)(C)COC(=O)C(C)(C)CCN1CCOCC1.CC(C)(C)COC(=O)C(C)(C)N.CC(N1CCOCC1)C(C)(C)C.CCC(C)(C)C.CN(C)CC(C)(C)C.CN1CCN(CCC(C)(C)C(=O)OCC(C)(C)C)CC1. The van der Waals surface area contributed by atoms with E-state index in [0.29, 0.717) is 83.6 Å². The van der Waals surface area contributed by atoms with Gasteiger partial charge in [-0.05, 0) is 218 Å². The van der Waals surface area contributed by atoms with Crippen molar-refractivity contribution in [3.8, 4) is 0 Å². The molecule has 4 aliphatic rings. The van der Waals surface area contributed by atoms with E-state index in [1.807, 2.05) is 48.5 Å². The van der Waals surface area contributed by atoms with E-state index in [1.165, 1.54) is 46.3 Å². The second-order valence-electron chi connectivity index (χ2n) is 55.3. The Bertz CT molecular complexity index is 3120. The first-order valence-electron chi connectivity index (χ1n) is 52.6. The lowest BCUT2D eigenvalue weighted by Crippen LogP contribution is -2.47. The molecule has 1 unspecified atom stereocenters. The first-order chi connectivity index (χ1) is 62.6. The predicted molar refractivity (Wildman–Crippen MR) is 587 cm³/mol. The van der Waals surface area contributed by atoms with Crippen molar-refractivity contribution < 1.29 is 70.5 Å². The van der Waals surface area contributed by atoms with Crippen LogP contribution in [0.25, 0.3) is 0 Å². The van der Waals surface area contributed by atoms with Gasteiger partial charge in [-0.25, -0.2) is 0 Å². The van der Waals surface area contributed by atoms with Gasteiger partial charge in [0.05, 0.1) is 76.9 Å². The summed E-state index contributed by atoms with van der Waals surface area (Å²) in [4.78, 5) is 49.8. The van der Waals surface area contributed by atoms with E-state index in [0.717, 1.165) is 195 Å². The van der Waals surface area contributed by atoms with Crippen molar-refractivity contribution >= 4 is 17.9 Å². The second kappa shape index (κ2) is 70.6. The van der Waals surface area contributed by atoms with Crippen LogP contribution in [0.2, 0.25) is 0 Å². The smallest absolute Gasteiger partial charge is 0.325 e. The molecule has 0 spiro atoms. The van der Waals surface area contributed by atoms with Crippen molar-refractivity contribution in [2.45, 2.75) is 393 Å². The maximum Gasteiger partial charge on any atom is 0.325 e. The van der Waals surface area contributed by atoms with Crippen LogP contribution in [0.1, 0.15) is 382 Å². The Balaban J connectivity index is -0.000000358. The molecule has 139 heavy (non-hydrogen) atoms. The van der Waals surface area contributed by atoms with Gasteiger partial charge in [0, 0.05) is 103 Å². The summed E-state index contributed by atoms with van der Waals surface area (Å²) in [5.74, 6) is -0.505. The van der Waals surface area contributed by atoms with Gasteiger partial charge in [-0.15, -0.1) is 30.1 Å². The third-order valence-electron chi connectivity index (χ3n) is 24.1. The van der Waals surface area contributed by atoms with Gasteiger partial charge in [-0.2, -0.15) is 0 Å². The normalized spacial score (nSPS) is 16.1. The summed E-state index contributed by atoms with van der Waals surface area (Å²) in [7, 11) is 6.36. The molecule has 0 radical (unpaired) electrons. The van der Waals surface area contributed by atoms with Crippen LogP contribution in [-0.4, -0.2) is 271 Å². The predicted octanol–water partition coefficient (Wildman–Crippen LogP) is 25.7. The van der Waals surface area contributed by atoms with Crippen molar-refractivity contribution in [1.29, 1.82) is 0 Å². The van der Waals surface area contributed by atoms with E-state index in [1.54, 1.807) is 13.8 Å². The number of likely N-dealkylation sites (N-methyl/N-ethyl adjacent to an activating group) is 1. The van der Waals surface area contributed by atoms with Gasteiger partial charge in [-0.1, -0.05) is 299 Å². The minimum atomic E-state index is -0.884. The van der Waals surface area contributed by atoms with Gasteiger partial charge >= 0.3 is 17.9 Å². The Morgan fingerprint density at radius 3 is 0.971 bits per heavy atom. The highest BCUT2D eigenvalue weighted by atomic mass is 19.2. The minimum Gasteiger partial charge on any atom is -0.465 e. The fourth-order valence-electron chi connectivity index (χ4n) is 12.8. The number of rotatable bonds is 39. The number of nitrogens with two attached hydrogens (primary N) is 1. The summed E-state index contributed by atoms with van der Waals surface area (Å²) in [5.41, 5.74) is 15.0. The number of esters is 3. The van der Waals surface area contributed by atoms with Crippen molar-refractivity contribution in [3.05, 3.63) is 36.5 Å². The molecule has 0 aromatic heterocycles. The molecule has 0 aromatic carbocycles. The number of piperazine rings is 1. The summed E-state index contributed by atoms with van der Waals surface area (Å²) >= 11 is 0. The van der Waals surface area contributed by atoms with Crippen LogP contribution in [0.15, 0.2) is 36.5 Å². The van der Waals surface area contributed by atoms with Crippen molar-refractivity contribution in [1.82, 2.24) is 46.0 Å². The molecule has 22 nitrogen and oxygen atoms in total. The molecule has 25 heteroatoms. The molecular weight excluding hydrogens is 1760 g/mol. The van der Waals surface area contributed by atoms with Crippen LogP contribution in [0.3, 0.4) is 0 Å². The number of nitrogens with zero attached hydrogens (tertiary/aromatic N) is 6. The zero-order valence-corrected chi connectivity index (χ0v) is 100. The molecule has 4 aliphatic heterocycles. The van der Waals surface area contributed by atoms with Gasteiger partial charge in [0.15, 0.2) is 0 Å². The number of carbonyl (C=O) groups excluding carboxylic acids is 3. The van der Waals surface area contributed by atoms with E-state index in [2.05, 4.69) is 313 Å². The number of ether oxygens (including phenoxy) is 9. The summed E-state index contributed by atoms with van der Waals surface area (Å²) in [6.45, 7) is 130. The summed E-state index contributed by atoms with van der Waals surface area (Å²) in [6, 6.07) is 0.654. The highest BCUT2D eigenvalue weighted by Crippen LogP contribution is 2.39. The van der Waals surface area contributed by atoms with Crippen molar-refractivity contribution in [3.63, 3.8) is 0 Å². The van der Waals surface area contributed by atoms with Gasteiger partial charge in [-0.3, -0.25) is 29.1 Å². The maximum absolute atomic E-state index is 12.2. The van der Waals surface area contributed by atoms with E-state index in [4.69, 9.17) is 48.4 Å². The number of allylic oxidation sites excluding steroid dienone is 2. The molecule has 1 atom stereocenters. The third kappa shape index (κ3) is 94.3. The average Bonchev–Trinajstić information content (AvgIpc) is 0.857. The monoisotopic (exact) mass is 1990 g/mol. The van der Waals surface area contributed by atoms with Crippen molar-refractivity contribution in [2.75, 3.05) is 212 Å². The largest absolute Gasteiger partial charge is 0.465 e. The lowest BCUT2D eigenvalue weighted by Gasteiger charge is -2.39. The van der Waals surface area contributed by atoms with E-state index in [-0.39, 0.29) is 70.6 Å². The van der Waals surface area contributed by atoms with Crippen LogP contribution >= 0.6 is 0 Å². The molecule has 4 rings (SSSR count). The molecule has 0 bridgehead atoms. The molecule has 0 aromatic rings. The Hall–Kier alpha value is -3.22. The molecule has 0 aliphatic carbocycles. The molecule has 5 N–H and O–H groups in total. The Kier molecular flexibility index (Phi) is 74.4. The fraction of sp³-hybridized carbons (Fsp3) is 0.921. The van der Waals surface area contributed by atoms with E-state index in [9.17, 15) is 27.8 Å². The summed E-state index contributed by atoms with van der Waals surface area (Å²) in [6.07, 6.45) is 12.3. The molecule has 0 amide bonds. The maximum atomic E-state index is 12.2. The minimum absolute atomic E-state index is 0.000903. The summed E-state index contributed by atoms with van der Waals surface area (Å²) in [5, 5.41) is 0. The number of hydrogen-bond acceptors (Lipinski definition) is 22. The average molecular weight is 2000 g/mol. The number of halogens is 3. The lowest BCUT2D eigenvalue weighted by atomic mass is 9.76. The first-order valence-corrected chi connectivity index (χ1v) is 52.6. The van der Waals surface area contributed by atoms with Gasteiger partial charge in [0.25, 0.3) is 0 Å². The zero-order valence-electron chi connectivity index (χ0n) is 100. The Labute approximate surface area is 858 Å². The van der Waals surface area contributed by atoms with Gasteiger partial charge in [0.1, 0.15) is 25.7 Å². The molecule has 4 saturated heterocycles. The highest BCUT2D eigenvalue weighted by molar-refractivity contribution is 5.79. The van der Waals surface area contributed by atoms with Crippen LogP contribution in [0.4, 0.5) is 13.4 Å². The Morgan fingerprint density at radius 1 is 0.367 bits per heavy atom. The molecule has 0 saturated carbocycles. The molecule has 4 heterocycles. The third-order valence-corrected chi connectivity index (χ3v) is 24.1. The first kappa shape index (κ1) is 146. The highest BCUT2D eigenvalue weighted by Gasteiger charge is 2.35. The number of nitrogens with one attached hydrogen (secondary N) is 3. The topological polar surface area (TPSA) is 216 Å². The zero-order chi connectivity index (χ0) is 110. The van der Waals surface area contributed by atoms with Crippen LogP contribution < -0.4 is 22.4 Å². The van der Waals surface area contributed by atoms with E-state index >= 15 is 0 Å². The standard InChI is InChI=1S/C16H32N2O2.C15H30FNO.C15H29NO3.C14H28FNO.C13H26FNO.C10H21NO.C9H19NO2.C9H19NO.C7H17N.C6H14/c1-15(2,3)13-20-14(19)16(4,5)7-8-18-11-9-17(6)10-12-18;1-13(8-10-14(2,3)4)15(5,6)9-7-11-18-12-17-16;1-14(2,3)12-19-13(17)15(4,5)6-7-16-8-10-18-11-9-16;1-12(7-8-13(2,3)4)14(5,6)9-10-17-11-16-15;1-11(7-8-12(2,3)4)13(5,6)9-16-10-15-14;1-9(10(2,3)4)11-5-7-12-8-6-11;1-8(2,3)6-12-7(11)9(4,5)10;1-9(2,3)8-10-4-6-11-7-5-10;1-7(2,3)6-8(4)5;1-5-6(2,3)4/h7-13H2,1-6H3;17H,1,7-12H2,2-6H3;6-12H2,1-5H3;16H,1,7-11H2,2-6H3;15H,1,7-10H2,2-6H3;9H,5-8H2,1-4H3;6,10H2,1-5H3;4-8H2,1-3H3;6H2,1-5H3;5H2,1-4H3. The fourth-order valence-corrected chi connectivity index (χ4v) is 12.8. The number of carbonyl (C=O) groups is 3.